The number of non-ortho nitro benzene ring substituents is 1. The molecule has 11 heteroatoms. The highest BCUT2D eigenvalue weighted by Crippen LogP contribution is 2.28. The zero-order valence-corrected chi connectivity index (χ0v) is 18.4. The van der Waals surface area contributed by atoms with E-state index in [9.17, 15) is 14.9 Å². The molecule has 162 valence electrons. The molecule has 0 aliphatic carbocycles. The number of hydrogen-bond acceptors (Lipinski definition) is 7. The number of nitrogens with one attached hydrogen (secondary N) is 1. The van der Waals surface area contributed by atoms with Gasteiger partial charge in [0, 0.05) is 35.5 Å². The maximum absolute atomic E-state index is 12.6. The Kier molecular flexibility index (Phi) is 7.61. The minimum Gasteiger partial charge on any atom is -0.383 e. The van der Waals surface area contributed by atoms with Crippen LogP contribution in [0.4, 0.5) is 11.4 Å². The van der Waals surface area contributed by atoms with Crippen molar-refractivity contribution in [2.45, 2.75) is 23.9 Å². The Morgan fingerprint density at radius 2 is 2.03 bits per heavy atom. The van der Waals surface area contributed by atoms with Gasteiger partial charge in [-0.25, -0.2) is 0 Å². The van der Waals surface area contributed by atoms with Crippen LogP contribution in [-0.4, -0.2) is 44.6 Å². The van der Waals surface area contributed by atoms with Gasteiger partial charge in [0.2, 0.25) is 5.91 Å². The first-order chi connectivity index (χ1) is 14.9. The number of carbonyl (C=O) groups excluding carboxylic acids is 1. The summed E-state index contributed by atoms with van der Waals surface area (Å²) in [7, 11) is 1.61. The number of halogens is 1. The standard InChI is InChI=1S/C20H20ClN5O4S/c1-13(19(27)22-16-4-3-5-17(12-16)26(28)29)31-20-24-23-18(25(20)10-11-30-2)14-6-8-15(21)9-7-14/h3-9,12-13H,10-11H2,1-2H3,(H,22,27)/t13-/m0/s1. The average Bonchev–Trinajstić information content (AvgIpc) is 3.15. The molecule has 9 nitrogen and oxygen atoms in total. The van der Waals surface area contributed by atoms with Gasteiger partial charge in [-0.3, -0.25) is 19.5 Å². The van der Waals surface area contributed by atoms with Crippen molar-refractivity contribution in [1.82, 2.24) is 14.8 Å². The van der Waals surface area contributed by atoms with Crippen LogP contribution in [0.5, 0.6) is 0 Å². The highest BCUT2D eigenvalue weighted by molar-refractivity contribution is 8.00. The molecule has 3 aromatic rings. The van der Waals surface area contributed by atoms with Crippen molar-refractivity contribution < 1.29 is 14.5 Å². The van der Waals surface area contributed by atoms with Crippen molar-refractivity contribution in [2.75, 3.05) is 19.0 Å². The van der Waals surface area contributed by atoms with E-state index in [0.717, 1.165) is 5.56 Å². The molecule has 1 N–H and O–H groups in total. The normalized spacial score (nSPS) is 11.8. The van der Waals surface area contributed by atoms with Crippen LogP contribution in [0.3, 0.4) is 0 Å². The Hall–Kier alpha value is -2.95. The number of rotatable bonds is 9. The van der Waals surface area contributed by atoms with Crippen molar-refractivity contribution in [1.29, 1.82) is 0 Å². The van der Waals surface area contributed by atoms with E-state index in [0.29, 0.717) is 34.8 Å². The van der Waals surface area contributed by atoms with Gasteiger partial charge in [0.25, 0.3) is 5.69 Å². The number of amides is 1. The van der Waals surface area contributed by atoms with Crippen LogP contribution in [0, 0.1) is 10.1 Å². The molecule has 1 aromatic heterocycles. The predicted molar refractivity (Wildman–Crippen MR) is 119 cm³/mol. The van der Waals surface area contributed by atoms with E-state index in [2.05, 4.69) is 15.5 Å². The molecule has 31 heavy (non-hydrogen) atoms. The number of anilines is 1. The van der Waals surface area contributed by atoms with E-state index >= 15 is 0 Å². The number of aromatic nitrogens is 3. The fraction of sp³-hybridized carbons (Fsp3) is 0.250. The second kappa shape index (κ2) is 10.4. The zero-order valence-electron chi connectivity index (χ0n) is 16.8. The third-order valence-electron chi connectivity index (χ3n) is 4.31. The minimum atomic E-state index is -0.525. The lowest BCUT2D eigenvalue weighted by Crippen LogP contribution is -2.23. The summed E-state index contributed by atoms with van der Waals surface area (Å²) in [5.74, 6) is 0.336. The molecule has 3 rings (SSSR count). The summed E-state index contributed by atoms with van der Waals surface area (Å²) >= 11 is 7.22. The summed E-state index contributed by atoms with van der Waals surface area (Å²) in [5.41, 5.74) is 1.10. The molecule has 0 saturated carbocycles. The molecule has 0 bridgehead atoms. The number of hydrogen-bond donors (Lipinski definition) is 1. The van der Waals surface area contributed by atoms with Gasteiger partial charge in [0.1, 0.15) is 0 Å². The molecule has 0 aliphatic rings. The molecule has 0 radical (unpaired) electrons. The maximum atomic E-state index is 12.6. The first kappa shape index (κ1) is 22.7. The van der Waals surface area contributed by atoms with Crippen LogP contribution in [0.15, 0.2) is 53.7 Å². The Morgan fingerprint density at radius 1 is 1.29 bits per heavy atom. The van der Waals surface area contributed by atoms with Crippen molar-refractivity contribution in [3.63, 3.8) is 0 Å². The second-order valence-corrected chi connectivity index (χ2v) is 8.26. The van der Waals surface area contributed by atoms with E-state index < -0.39 is 10.2 Å². The van der Waals surface area contributed by atoms with Gasteiger partial charge in [-0.15, -0.1) is 10.2 Å². The molecule has 0 spiro atoms. The smallest absolute Gasteiger partial charge is 0.271 e. The molecule has 0 unspecified atom stereocenters. The molecular weight excluding hydrogens is 442 g/mol. The van der Waals surface area contributed by atoms with E-state index in [-0.39, 0.29) is 11.6 Å². The predicted octanol–water partition coefficient (Wildman–Crippen LogP) is 4.27. The molecule has 0 fully saturated rings. The number of nitro groups is 1. The number of benzene rings is 2. The monoisotopic (exact) mass is 461 g/mol. The number of methoxy groups -OCH3 is 1. The van der Waals surface area contributed by atoms with Gasteiger partial charge < -0.3 is 10.1 Å². The number of nitro benzene ring substituents is 1. The fourth-order valence-corrected chi connectivity index (χ4v) is 3.73. The van der Waals surface area contributed by atoms with Crippen molar-refractivity contribution in [3.05, 3.63) is 63.7 Å². The second-order valence-electron chi connectivity index (χ2n) is 6.51. The first-order valence-corrected chi connectivity index (χ1v) is 10.5. The van der Waals surface area contributed by atoms with Crippen molar-refractivity contribution in [3.8, 4) is 11.4 Å². The van der Waals surface area contributed by atoms with E-state index in [1.807, 2.05) is 16.7 Å². The summed E-state index contributed by atoms with van der Waals surface area (Å²) in [6.45, 7) is 2.68. The summed E-state index contributed by atoms with van der Waals surface area (Å²) in [4.78, 5) is 23.1. The topological polar surface area (TPSA) is 112 Å². The summed E-state index contributed by atoms with van der Waals surface area (Å²) in [5, 5.41) is 22.8. The zero-order chi connectivity index (χ0) is 22.4. The van der Waals surface area contributed by atoms with Crippen LogP contribution in [-0.2, 0) is 16.1 Å². The molecule has 1 heterocycles. The lowest BCUT2D eigenvalue weighted by Gasteiger charge is -2.13. The van der Waals surface area contributed by atoms with Crippen molar-refractivity contribution in [2.24, 2.45) is 0 Å². The van der Waals surface area contributed by atoms with Gasteiger partial charge in [-0.1, -0.05) is 29.4 Å². The fourth-order valence-electron chi connectivity index (χ4n) is 2.73. The molecular formula is C20H20ClN5O4S. The third kappa shape index (κ3) is 5.81. The number of nitrogens with zero attached hydrogens (tertiary/aromatic N) is 4. The minimum absolute atomic E-state index is 0.0926. The van der Waals surface area contributed by atoms with Gasteiger partial charge in [-0.05, 0) is 37.3 Å². The Labute approximate surface area is 187 Å². The van der Waals surface area contributed by atoms with E-state index in [4.69, 9.17) is 16.3 Å². The quantitative estimate of drug-likeness (QED) is 0.287. The van der Waals surface area contributed by atoms with Crippen LogP contribution in [0.25, 0.3) is 11.4 Å². The molecule has 1 amide bonds. The summed E-state index contributed by atoms with van der Waals surface area (Å²) < 4.78 is 7.08. The van der Waals surface area contributed by atoms with E-state index in [1.54, 1.807) is 32.2 Å². The SMILES string of the molecule is COCCn1c(S[C@@H](C)C(=O)Nc2cccc([N+](=O)[O-])c2)nnc1-c1ccc(Cl)cc1. The van der Waals surface area contributed by atoms with Crippen LogP contribution in [0.1, 0.15) is 6.92 Å². The van der Waals surface area contributed by atoms with Gasteiger partial charge >= 0.3 is 0 Å². The van der Waals surface area contributed by atoms with Crippen LogP contribution < -0.4 is 5.32 Å². The Bertz CT molecular complexity index is 1070. The van der Waals surface area contributed by atoms with Gasteiger partial charge in [0.15, 0.2) is 11.0 Å². The molecule has 0 aliphatic heterocycles. The first-order valence-electron chi connectivity index (χ1n) is 9.29. The highest BCUT2D eigenvalue weighted by atomic mass is 35.5. The molecule has 0 saturated heterocycles. The van der Waals surface area contributed by atoms with Crippen LogP contribution in [0.2, 0.25) is 5.02 Å². The lowest BCUT2D eigenvalue weighted by molar-refractivity contribution is -0.384. The number of carbonyl (C=O) groups is 1. The number of ether oxygens (including phenoxy) is 1. The van der Waals surface area contributed by atoms with E-state index in [1.165, 1.54) is 30.0 Å². The third-order valence-corrected chi connectivity index (χ3v) is 5.65. The maximum Gasteiger partial charge on any atom is 0.271 e. The Morgan fingerprint density at radius 3 is 2.71 bits per heavy atom. The van der Waals surface area contributed by atoms with Crippen molar-refractivity contribution >= 4 is 40.6 Å². The summed E-state index contributed by atoms with van der Waals surface area (Å²) in [6.07, 6.45) is 0. The molecule has 2 aromatic carbocycles. The van der Waals surface area contributed by atoms with Crippen LogP contribution >= 0.6 is 23.4 Å². The van der Waals surface area contributed by atoms with Gasteiger partial charge in [0.05, 0.1) is 23.3 Å². The number of thioether (sulfide) groups is 1. The largest absolute Gasteiger partial charge is 0.383 e. The lowest BCUT2D eigenvalue weighted by atomic mass is 10.2. The summed E-state index contributed by atoms with van der Waals surface area (Å²) in [6, 6.07) is 13.0. The highest BCUT2D eigenvalue weighted by Gasteiger charge is 2.21. The van der Waals surface area contributed by atoms with Gasteiger partial charge in [-0.2, -0.15) is 0 Å². The molecule has 1 atom stereocenters. The Balaban J connectivity index is 1.77. The average molecular weight is 462 g/mol.